The maximum atomic E-state index is 10.9. The van der Waals surface area contributed by atoms with Crippen molar-refractivity contribution in [2.24, 2.45) is 0 Å². The Morgan fingerprint density at radius 3 is 1.85 bits per heavy atom. The molecule has 1 atom stereocenters. The summed E-state index contributed by atoms with van der Waals surface area (Å²) in [4.78, 5) is 0. The van der Waals surface area contributed by atoms with Crippen molar-refractivity contribution in [1.82, 2.24) is 5.32 Å². The van der Waals surface area contributed by atoms with Gasteiger partial charge in [0.25, 0.3) is 0 Å². The number of nitrogens with one attached hydrogen (secondary N) is 1. The maximum absolute atomic E-state index is 10.9. The maximum Gasteiger partial charge on any atom is 0.123 e. The molecule has 0 aliphatic heterocycles. The van der Waals surface area contributed by atoms with Gasteiger partial charge in [-0.25, -0.2) is 0 Å². The fourth-order valence-electron chi connectivity index (χ4n) is 3.53. The van der Waals surface area contributed by atoms with Crippen LogP contribution in [0.15, 0.2) is 42.5 Å². The summed E-state index contributed by atoms with van der Waals surface area (Å²) in [5.74, 6) is 0.456. The lowest BCUT2D eigenvalue weighted by Crippen LogP contribution is -2.25. The summed E-state index contributed by atoms with van der Waals surface area (Å²) in [7, 11) is 0. The first kappa shape index (κ1) is 21.5. The molecular weight excluding hydrogens is 330 g/mol. The molecule has 1 unspecified atom stereocenters. The van der Waals surface area contributed by atoms with E-state index in [2.05, 4.69) is 96.2 Å². The molecule has 2 aromatic rings. The molecule has 0 aliphatic carbocycles. The van der Waals surface area contributed by atoms with Gasteiger partial charge in [-0.1, -0.05) is 78.8 Å². The van der Waals surface area contributed by atoms with E-state index in [0.717, 1.165) is 30.5 Å². The average molecular weight is 368 g/mol. The minimum Gasteiger partial charge on any atom is -0.507 e. The van der Waals surface area contributed by atoms with Crippen molar-refractivity contribution in [2.75, 3.05) is 6.54 Å². The normalized spacial score (nSPS) is 13.6. The van der Waals surface area contributed by atoms with Crippen molar-refractivity contribution in [1.29, 1.82) is 0 Å². The van der Waals surface area contributed by atoms with Crippen molar-refractivity contribution < 1.29 is 5.11 Å². The standard InChI is InChI=1S/C25H37NO/c1-8-22(26-15-14-18-12-10-9-11-13-18)19-16-20(24(2,3)4)23(27)21(17-19)25(5,6)7/h9-13,16-17,22,26-27H,8,14-15H2,1-7H3. The van der Waals surface area contributed by atoms with Crippen LogP contribution >= 0.6 is 0 Å². The van der Waals surface area contributed by atoms with Gasteiger partial charge in [0.05, 0.1) is 0 Å². The zero-order chi connectivity index (χ0) is 20.2. The fourth-order valence-corrected chi connectivity index (χ4v) is 3.53. The Labute approximate surface area is 166 Å². The second-order valence-electron chi connectivity index (χ2n) is 9.62. The molecule has 2 N–H and O–H groups in total. The summed E-state index contributed by atoms with van der Waals surface area (Å²) in [5.41, 5.74) is 4.51. The lowest BCUT2D eigenvalue weighted by Gasteiger charge is -2.30. The minimum atomic E-state index is -0.0948. The second kappa shape index (κ2) is 8.48. The van der Waals surface area contributed by atoms with E-state index in [1.165, 1.54) is 11.1 Å². The molecule has 0 saturated carbocycles. The molecule has 2 nitrogen and oxygen atoms in total. The summed E-state index contributed by atoms with van der Waals surface area (Å²) in [5, 5.41) is 14.7. The van der Waals surface area contributed by atoms with Gasteiger partial charge in [0.2, 0.25) is 0 Å². The Morgan fingerprint density at radius 1 is 0.889 bits per heavy atom. The predicted molar refractivity (Wildman–Crippen MR) is 117 cm³/mol. The van der Waals surface area contributed by atoms with Crippen LogP contribution in [0.4, 0.5) is 0 Å². The van der Waals surface area contributed by atoms with Gasteiger partial charge in [-0.05, 0) is 64.6 Å². The first-order valence-electron chi connectivity index (χ1n) is 10.2. The zero-order valence-electron chi connectivity index (χ0n) is 18.2. The highest BCUT2D eigenvalue weighted by Gasteiger charge is 2.27. The highest BCUT2D eigenvalue weighted by molar-refractivity contribution is 5.50. The van der Waals surface area contributed by atoms with Crippen molar-refractivity contribution in [2.45, 2.75) is 78.2 Å². The minimum absolute atomic E-state index is 0.0948. The van der Waals surface area contributed by atoms with Crippen LogP contribution < -0.4 is 5.32 Å². The first-order chi connectivity index (χ1) is 12.5. The molecule has 0 radical (unpaired) electrons. The smallest absolute Gasteiger partial charge is 0.123 e. The van der Waals surface area contributed by atoms with Gasteiger partial charge < -0.3 is 10.4 Å². The second-order valence-corrected chi connectivity index (χ2v) is 9.62. The van der Waals surface area contributed by atoms with Crippen LogP contribution in [0.5, 0.6) is 5.75 Å². The van der Waals surface area contributed by atoms with Crippen LogP contribution in [-0.4, -0.2) is 11.7 Å². The molecule has 0 heterocycles. The molecule has 2 aromatic carbocycles. The Kier molecular flexibility index (Phi) is 6.75. The molecular formula is C25H37NO. The lowest BCUT2D eigenvalue weighted by molar-refractivity contribution is 0.420. The third-order valence-electron chi connectivity index (χ3n) is 5.21. The van der Waals surface area contributed by atoms with Crippen LogP contribution in [0.2, 0.25) is 0 Å². The number of rotatable bonds is 6. The third kappa shape index (κ3) is 5.59. The highest BCUT2D eigenvalue weighted by Crippen LogP contribution is 2.41. The molecule has 0 fully saturated rings. The Hall–Kier alpha value is -1.80. The van der Waals surface area contributed by atoms with Crippen LogP contribution in [0.25, 0.3) is 0 Å². The van der Waals surface area contributed by atoms with E-state index >= 15 is 0 Å². The van der Waals surface area contributed by atoms with E-state index in [1.54, 1.807) is 0 Å². The van der Waals surface area contributed by atoms with Gasteiger partial charge >= 0.3 is 0 Å². The first-order valence-corrected chi connectivity index (χ1v) is 10.2. The largest absolute Gasteiger partial charge is 0.507 e. The molecule has 2 heteroatoms. The zero-order valence-corrected chi connectivity index (χ0v) is 18.2. The molecule has 2 rings (SSSR count). The van der Waals surface area contributed by atoms with Crippen LogP contribution in [-0.2, 0) is 17.3 Å². The van der Waals surface area contributed by atoms with Gasteiger partial charge in [-0.15, -0.1) is 0 Å². The summed E-state index contributed by atoms with van der Waals surface area (Å²) >= 11 is 0. The fraction of sp³-hybridized carbons (Fsp3) is 0.520. The quantitative estimate of drug-likeness (QED) is 0.630. The van der Waals surface area contributed by atoms with Crippen molar-refractivity contribution in [3.8, 4) is 5.75 Å². The molecule has 0 saturated heterocycles. The van der Waals surface area contributed by atoms with E-state index in [0.29, 0.717) is 5.75 Å². The number of hydrogen-bond donors (Lipinski definition) is 2. The highest BCUT2D eigenvalue weighted by atomic mass is 16.3. The summed E-state index contributed by atoms with van der Waals surface area (Å²) in [6, 6.07) is 15.3. The van der Waals surface area contributed by atoms with Crippen molar-refractivity contribution >= 4 is 0 Å². The molecule has 0 aliphatic rings. The van der Waals surface area contributed by atoms with Gasteiger partial charge in [-0.3, -0.25) is 0 Å². The number of benzene rings is 2. The van der Waals surface area contributed by atoms with Gasteiger partial charge in [0.15, 0.2) is 0 Å². The number of phenolic OH excluding ortho intramolecular Hbond substituents is 1. The monoisotopic (exact) mass is 367 g/mol. The van der Waals surface area contributed by atoms with Gasteiger partial charge in [0, 0.05) is 6.04 Å². The number of aromatic hydroxyl groups is 1. The molecule has 0 bridgehead atoms. The Morgan fingerprint density at radius 2 is 1.41 bits per heavy atom. The Balaban J connectivity index is 2.30. The molecule has 0 amide bonds. The average Bonchev–Trinajstić information content (AvgIpc) is 2.58. The summed E-state index contributed by atoms with van der Waals surface area (Å²) in [6.07, 6.45) is 2.04. The summed E-state index contributed by atoms with van der Waals surface area (Å²) < 4.78 is 0. The van der Waals surface area contributed by atoms with Gasteiger partial charge in [0.1, 0.15) is 5.75 Å². The lowest BCUT2D eigenvalue weighted by atomic mass is 9.77. The van der Waals surface area contributed by atoms with E-state index in [4.69, 9.17) is 0 Å². The van der Waals surface area contributed by atoms with E-state index in [9.17, 15) is 5.11 Å². The SMILES string of the molecule is CCC(NCCc1ccccc1)c1cc(C(C)(C)C)c(O)c(C(C)(C)C)c1. The third-order valence-corrected chi connectivity index (χ3v) is 5.21. The molecule has 0 spiro atoms. The Bertz CT molecular complexity index is 700. The number of hydrogen-bond acceptors (Lipinski definition) is 2. The van der Waals surface area contributed by atoms with Crippen LogP contribution in [0.3, 0.4) is 0 Å². The number of phenols is 1. The summed E-state index contributed by atoms with van der Waals surface area (Å²) in [6.45, 7) is 16.2. The van der Waals surface area contributed by atoms with E-state index in [-0.39, 0.29) is 16.9 Å². The van der Waals surface area contributed by atoms with Crippen molar-refractivity contribution in [3.05, 3.63) is 64.7 Å². The van der Waals surface area contributed by atoms with Crippen LogP contribution in [0, 0.1) is 0 Å². The molecule has 148 valence electrons. The molecule has 27 heavy (non-hydrogen) atoms. The van der Waals surface area contributed by atoms with Gasteiger partial charge in [-0.2, -0.15) is 0 Å². The van der Waals surface area contributed by atoms with Crippen LogP contribution in [0.1, 0.15) is 83.2 Å². The van der Waals surface area contributed by atoms with Crippen molar-refractivity contribution in [3.63, 3.8) is 0 Å². The topological polar surface area (TPSA) is 32.3 Å². The van der Waals surface area contributed by atoms with E-state index in [1.807, 2.05) is 0 Å². The predicted octanol–water partition coefficient (Wildman–Crippen LogP) is 6.27. The van der Waals surface area contributed by atoms with E-state index < -0.39 is 0 Å². The molecule has 0 aromatic heterocycles.